The van der Waals surface area contributed by atoms with Crippen LogP contribution in [0.2, 0.25) is 0 Å². The predicted octanol–water partition coefficient (Wildman–Crippen LogP) is 2.28. The first-order chi connectivity index (χ1) is 6.25. The number of ether oxygens (including phenoxy) is 1. The van der Waals surface area contributed by atoms with Gasteiger partial charge in [0.2, 0.25) is 0 Å². The van der Waals surface area contributed by atoms with Gasteiger partial charge in [0.1, 0.15) is 0 Å². The summed E-state index contributed by atoms with van der Waals surface area (Å²) in [5, 5.41) is 0. The van der Waals surface area contributed by atoms with Crippen LogP contribution in [0.1, 0.15) is 6.92 Å². The summed E-state index contributed by atoms with van der Waals surface area (Å²) in [5.41, 5.74) is 0.834. The summed E-state index contributed by atoms with van der Waals surface area (Å²) in [5.74, 6) is 0. The maximum absolute atomic E-state index is 11.2. The first-order valence-electron chi connectivity index (χ1n) is 4.21. The van der Waals surface area contributed by atoms with Gasteiger partial charge in [-0.3, -0.25) is 4.90 Å². The summed E-state index contributed by atoms with van der Waals surface area (Å²) in [4.78, 5) is 12.7. The lowest BCUT2D eigenvalue weighted by Gasteiger charge is -2.15. The van der Waals surface area contributed by atoms with E-state index >= 15 is 0 Å². The number of anilines is 1. The Morgan fingerprint density at radius 2 is 2.00 bits per heavy atom. The molecule has 1 aromatic rings. The Morgan fingerprint density at radius 3 is 2.54 bits per heavy atom. The number of benzene rings is 1. The van der Waals surface area contributed by atoms with Crippen molar-refractivity contribution < 1.29 is 9.53 Å². The van der Waals surface area contributed by atoms with Crippen LogP contribution in [0.25, 0.3) is 0 Å². The van der Waals surface area contributed by atoms with Gasteiger partial charge in [-0.1, -0.05) is 18.2 Å². The Kier molecular flexibility index (Phi) is 3.31. The van der Waals surface area contributed by atoms with E-state index in [0.29, 0.717) is 6.61 Å². The van der Waals surface area contributed by atoms with Crippen molar-refractivity contribution >= 4 is 11.8 Å². The molecule has 70 valence electrons. The minimum absolute atomic E-state index is 0.325. The highest BCUT2D eigenvalue weighted by molar-refractivity contribution is 5.86. The highest BCUT2D eigenvalue weighted by atomic mass is 16.5. The van der Waals surface area contributed by atoms with Crippen LogP contribution >= 0.6 is 0 Å². The summed E-state index contributed by atoms with van der Waals surface area (Å²) >= 11 is 0. The second-order valence-corrected chi connectivity index (χ2v) is 2.59. The van der Waals surface area contributed by atoms with Crippen molar-refractivity contribution in [2.45, 2.75) is 6.92 Å². The quantitative estimate of drug-likeness (QED) is 0.697. The number of hydrogen-bond donors (Lipinski definition) is 0. The Balaban J connectivity index is 2.68. The van der Waals surface area contributed by atoms with Crippen LogP contribution in [0.4, 0.5) is 10.5 Å². The average molecular weight is 179 g/mol. The van der Waals surface area contributed by atoms with Crippen LogP contribution in [0.15, 0.2) is 30.3 Å². The molecule has 0 fully saturated rings. The van der Waals surface area contributed by atoms with Crippen molar-refractivity contribution in [2.75, 3.05) is 18.6 Å². The van der Waals surface area contributed by atoms with Crippen molar-refractivity contribution in [3.05, 3.63) is 30.3 Å². The number of para-hydroxylation sites is 1. The lowest BCUT2D eigenvalue weighted by molar-refractivity contribution is 0.161. The van der Waals surface area contributed by atoms with Crippen LogP contribution in [-0.4, -0.2) is 19.7 Å². The van der Waals surface area contributed by atoms with Crippen LogP contribution in [-0.2, 0) is 4.74 Å². The fourth-order valence-electron chi connectivity index (χ4n) is 0.977. The smallest absolute Gasteiger partial charge is 0.413 e. The molecule has 0 N–H and O–H groups in total. The van der Waals surface area contributed by atoms with Gasteiger partial charge in [-0.15, -0.1) is 0 Å². The first-order valence-corrected chi connectivity index (χ1v) is 4.21. The van der Waals surface area contributed by atoms with E-state index in [9.17, 15) is 4.79 Å². The maximum Gasteiger partial charge on any atom is 0.413 e. The van der Waals surface area contributed by atoms with E-state index in [1.54, 1.807) is 14.0 Å². The topological polar surface area (TPSA) is 29.5 Å². The molecular weight excluding hydrogens is 166 g/mol. The molecule has 0 aromatic heterocycles. The highest BCUT2D eigenvalue weighted by Crippen LogP contribution is 2.11. The van der Waals surface area contributed by atoms with Crippen LogP contribution in [0, 0.1) is 0 Å². The van der Waals surface area contributed by atoms with Gasteiger partial charge in [-0.2, -0.15) is 0 Å². The van der Waals surface area contributed by atoms with Gasteiger partial charge in [-0.05, 0) is 19.1 Å². The second-order valence-electron chi connectivity index (χ2n) is 2.59. The van der Waals surface area contributed by atoms with Gasteiger partial charge < -0.3 is 4.74 Å². The molecule has 3 heteroatoms. The molecular formula is C10H13NO2. The van der Waals surface area contributed by atoms with E-state index in [-0.39, 0.29) is 6.09 Å². The largest absolute Gasteiger partial charge is 0.449 e. The first kappa shape index (κ1) is 9.58. The van der Waals surface area contributed by atoms with Crippen molar-refractivity contribution in [1.29, 1.82) is 0 Å². The van der Waals surface area contributed by atoms with E-state index < -0.39 is 0 Å². The second kappa shape index (κ2) is 4.50. The average Bonchev–Trinajstić information content (AvgIpc) is 2.18. The van der Waals surface area contributed by atoms with Gasteiger partial charge in [-0.25, -0.2) is 4.79 Å². The monoisotopic (exact) mass is 179 g/mol. The SMILES string of the molecule is CCOC(=O)N(C)c1ccccc1. The molecule has 1 aromatic carbocycles. The summed E-state index contributed by atoms with van der Waals surface area (Å²) in [6.45, 7) is 2.19. The summed E-state index contributed by atoms with van der Waals surface area (Å²) in [6, 6.07) is 9.38. The third-order valence-electron chi connectivity index (χ3n) is 1.69. The molecule has 0 saturated carbocycles. The lowest BCUT2D eigenvalue weighted by atomic mass is 10.3. The minimum Gasteiger partial charge on any atom is -0.449 e. The molecule has 1 rings (SSSR count). The standard InChI is InChI=1S/C10H13NO2/c1-3-13-10(12)11(2)9-7-5-4-6-8-9/h4-8H,3H2,1-2H3. The molecule has 0 bridgehead atoms. The minimum atomic E-state index is -0.325. The Morgan fingerprint density at radius 1 is 1.38 bits per heavy atom. The molecule has 0 spiro atoms. The van der Waals surface area contributed by atoms with Crippen molar-refractivity contribution in [3.63, 3.8) is 0 Å². The number of carbonyl (C=O) groups is 1. The van der Waals surface area contributed by atoms with Crippen molar-refractivity contribution in [2.24, 2.45) is 0 Å². The lowest BCUT2D eigenvalue weighted by Crippen LogP contribution is -2.26. The van der Waals surface area contributed by atoms with E-state index in [1.165, 1.54) is 4.90 Å². The third-order valence-corrected chi connectivity index (χ3v) is 1.69. The van der Waals surface area contributed by atoms with Gasteiger partial charge in [0.15, 0.2) is 0 Å². The summed E-state index contributed by atoms with van der Waals surface area (Å²) < 4.78 is 4.85. The zero-order chi connectivity index (χ0) is 9.68. The fourth-order valence-corrected chi connectivity index (χ4v) is 0.977. The maximum atomic E-state index is 11.2. The summed E-state index contributed by atoms with van der Waals surface area (Å²) in [7, 11) is 1.69. The molecule has 0 aliphatic carbocycles. The molecule has 0 aliphatic heterocycles. The summed E-state index contributed by atoms with van der Waals surface area (Å²) in [6.07, 6.45) is -0.325. The number of amides is 1. The van der Waals surface area contributed by atoms with Crippen molar-refractivity contribution in [3.8, 4) is 0 Å². The molecule has 0 heterocycles. The molecule has 13 heavy (non-hydrogen) atoms. The Bertz CT molecular complexity index is 272. The predicted molar refractivity (Wildman–Crippen MR) is 51.9 cm³/mol. The molecule has 0 aliphatic rings. The molecule has 0 radical (unpaired) electrons. The normalized spacial score (nSPS) is 9.38. The number of hydrogen-bond acceptors (Lipinski definition) is 2. The van der Waals surface area contributed by atoms with Crippen LogP contribution in [0.3, 0.4) is 0 Å². The van der Waals surface area contributed by atoms with E-state index in [1.807, 2.05) is 30.3 Å². The molecule has 1 amide bonds. The zero-order valence-electron chi connectivity index (χ0n) is 7.86. The zero-order valence-corrected chi connectivity index (χ0v) is 7.86. The molecule has 0 unspecified atom stereocenters. The molecule has 0 saturated heterocycles. The van der Waals surface area contributed by atoms with Crippen molar-refractivity contribution in [1.82, 2.24) is 0 Å². The number of carbonyl (C=O) groups excluding carboxylic acids is 1. The van der Waals surface area contributed by atoms with E-state index in [2.05, 4.69) is 0 Å². The molecule has 0 atom stereocenters. The molecule has 3 nitrogen and oxygen atoms in total. The Hall–Kier alpha value is -1.51. The van der Waals surface area contributed by atoms with Gasteiger partial charge in [0.05, 0.1) is 6.61 Å². The number of nitrogens with zero attached hydrogens (tertiary/aromatic N) is 1. The van der Waals surface area contributed by atoms with E-state index in [0.717, 1.165) is 5.69 Å². The highest BCUT2D eigenvalue weighted by Gasteiger charge is 2.09. The third kappa shape index (κ3) is 2.47. The van der Waals surface area contributed by atoms with E-state index in [4.69, 9.17) is 4.74 Å². The number of rotatable bonds is 2. The van der Waals surface area contributed by atoms with Crippen LogP contribution in [0.5, 0.6) is 0 Å². The van der Waals surface area contributed by atoms with Gasteiger partial charge in [0, 0.05) is 12.7 Å². The fraction of sp³-hybridized carbons (Fsp3) is 0.300. The Labute approximate surface area is 77.9 Å². The van der Waals surface area contributed by atoms with Crippen LogP contribution < -0.4 is 4.90 Å². The van der Waals surface area contributed by atoms with Gasteiger partial charge in [0.25, 0.3) is 0 Å². The van der Waals surface area contributed by atoms with Gasteiger partial charge >= 0.3 is 6.09 Å².